The Morgan fingerprint density at radius 2 is 1.84 bits per heavy atom. The summed E-state index contributed by atoms with van der Waals surface area (Å²) in [4.78, 5) is 46.2. The lowest BCUT2D eigenvalue weighted by atomic mass is 10.3. The van der Waals surface area contributed by atoms with Gasteiger partial charge in [-0.2, -0.15) is 0 Å². The van der Waals surface area contributed by atoms with Gasteiger partial charge < -0.3 is 15.1 Å². The first-order valence-corrected chi connectivity index (χ1v) is 10.2. The van der Waals surface area contributed by atoms with Gasteiger partial charge in [-0.3, -0.25) is 9.69 Å². The van der Waals surface area contributed by atoms with Crippen molar-refractivity contribution in [2.24, 2.45) is 0 Å². The first kappa shape index (κ1) is 21.6. The van der Waals surface area contributed by atoms with Crippen LogP contribution in [-0.4, -0.2) is 74.9 Å². The Kier molecular flexibility index (Phi) is 5.99. The fourth-order valence-corrected chi connectivity index (χ4v) is 3.50. The van der Waals surface area contributed by atoms with Crippen LogP contribution in [0, 0.1) is 5.82 Å². The topological polar surface area (TPSA) is 107 Å². The minimum absolute atomic E-state index is 0.00853. The third-order valence-electron chi connectivity index (χ3n) is 5.13. The fraction of sp³-hybridized carbons (Fsp3) is 0.300. The first-order valence-electron chi connectivity index (χ1n) is 9.81. The molecule has 0 saturated carbocycles. The van der Waals surface area contributed by atoms with Crippen molar-refractivity contribution in [3.63, 3.8) is 0 Å². The highest BCUT2D eigenvalue weighted by atomic mass is 35.5. The predicted molar refractivity (Wildman–Crippen MR) is 117 cm³/mol. The van der Waals surface area contributed by atoms with Crippen molar-refractivity contribution >= 4 is 52.0 Å². The van der Waals surface area contributed by atoms with Crippen molar-refractivity contribution in [3.8, 4) is 0 Å². The van der Waals surface area contributed by atoms with E-state index in [1.807, 2.05) is 0 Å². The number of amides is 3. The first-order chi connectivity index (χ1) is 15.3. The maximum absolute atomic E-state index is 13.5. The maximum Gasteiger partial charge on any atom is 0.326 e. The molecule has 1 saturated heterocycles. The van der Waals surface area contributed by atoms with Gasteiger partial charge in [-0.25, -0.2) is 29.1 Å². The van der Waals surface area contributed by atoms with Gasteiger partial charge in [0.25, 0.3) is 0 Å². The summed E-state index contributed by atoms with van der Waals surface area (Å²) in [7, 11) is 1.58. The van der Waals surface area contributed by atoms with Gasteiger partial charge in [0.1, 0.15) is 23.2 Å². The van der Waals surface area contributed by atoms with Crippen LogP contribution in [0.4, 0.5) is 26.6 Å². The van der Waals surface area contributed by atoms with E-state index < -0.39 is 5.82 Å². The molecule has 1 N–H and O–H groups in total. The number of rotatable bonds is 3. The van der Waals surface area contributed by atoms with Crippen LogP contribution in [0.1, 0.15) is 6.92 Å². The Morgan fingerprint density at radius 1 is 1.12 bits per heavy atom. The van der Waals surface area contributed by atoms with Crippen LogP contribution in [0.25, 0.3) is 11.0 Å². The van der Waals surface area contributed by atoms with Crippen LogP contribution in [0.3, 0.4) is 0 Å². The van der Waals surface area contributed by atoms with Gasteiger partial charge in [-0.1, -0.05) is 11.6 Å². The number of fused-ring (bicyclic) bond motifs is 1. The summed E-state index contributed by atoms with van der Waals surface area (Å²) in [5, 5.41) is 3.02. The molecule has 1 aromatic carbocycles. The zero-order valence-electron chi connectivity index (χ0n) is 17.4. The van der Waals surface area contributed by atoms with E-state index in [4.69, 9.17) is 11.6 Å². The number of hydrogen-bond acceptors (Lipinski definition) is 7. The van der Waals surface area contributed by atoms with Gasteiger partial charge >= 0.3 is 6.03 Å². The maximum atomic E-state index is 13.5. The Bertz CT molecular complexity index is 1190. The fourth-order valence-electron chi connectivity index (χ4n) is 3.32. The minimum Gasteiger partial charge on any atom is -0.339 e. The summed E-state index contributed by atoms with van der Waals surface area (Å²) in [6.07, 6.45) is 2.85. The zero-order valence-corrected chi connectivity index (χ0v) is 18.2. The SMILES string of the molecule is CC(=O)N1CCN(C(=O)N(C)c2ncc3ncnc(Nc4ccc(F)c(Cl)c4)c3n2)CC1. The van der Waals surface area contributed by atoms with Gasteiger partial charge in [0.15, 0.2) is 5.82 Å². The lowest BCUT2D eigenvalue weighted by Crippen LogP contribution is -2.53. The molecule has 3 heterocycles. The number of carbonyl (C=O) groups excluding carboxylic acids is 2. The van der Waals surface area contributed by atoms with Crippen LogP contribution >= 0.6 is 11.6 Å². The van der Waals surface area contributed by atoms with E-state index in [9.17, 15) is 14.0 Å². The number of anilines is 3. The molecule has 3 aromatic rings. The number of benzene rings is 1. The average Bonchev–Trinajstić information content (AvgIpc) is 2.80. The third kappa shape index (κ3) is 4.37. The number of halogens is 2. The molecule has 1 fully saturated rings. The molecule has 0 radical (unpaired) electrons. The summed E-state index contributed by atoms with van der Waals surface area (Å²) < 4.78 is 13.5. The van der Waals surface area contributed by atoms with E-state index in [0.29, 0.717) is 48.7 Å². The Hall–Kier alpha value is -3.60. The molecule has 4 rings (SSSR count). The van der Waals surface area contributed by atoms with Gasteiger partial charge in [0.05, 0.1) is 11.2 Å². The summed E-state index contributed by atoms with van der Waals surface area (Å²) in [6, 6.07) is 3.92. The summed E-state index contributed by atoms with van der Waals surface area (Å²) in [5.74, 6) is -0.00633. The minimum atomic E-state index is -0.529. The van der Waals surface area contributed by atoms with Gasteiger partial charge in [-0.05, 0) is 18.2 Å². The van der Waals surface area contributed by atoms with E-state index in [0.717, 1.165) is 0 Å². The van der Waals surface area contributed by atoms with Gasteiger partial charge in [0, 0.05) is 45.8 Å². The van der Waals surface area contributed by atoms with Crippen LogP contribution in [0.15, 0.2) is 30.7 Å². The van der Waals surface area contributed by atoms with Crippen molar-refractivity contribution in [2.45, 2.75) is 6.92 Å². The predicted octanol–water partition coefficient (Wildman–Crippen LogP) is 2.68. The van der Waals surface area contributed by atoms with E-state index in [2.05, 4.69) is 25.3 Å². The quantitative estimate of drug-likeness (QED) is 0.642. The molecule has 0 atom stereocenters. The molecule has 1 aliphatic heterocycles. The van der Waals surface area contributed by atoms with Gasteiger partial charge in [0.2, 0.25) is 11.9 Å². The number of hydrogen-bond donors (Lipinski definition) is 1. The second kappa shape index (κ2) is 8.87. The van der Waals surface area contributed by atoms with Gasteiger partial charge in [-0.15, -0.1) is 0 Å². The van der Waals surface area contributed by atoms with E-state index >= 15 is 0 Å². The second-order valence-corrected chi connectivity index (χ2v) is 7.62. The van der Waals surface area contributed by atoms with Crippen molar-refractivity contribution in [3.05, 3.63) is 41.6 Å². The molecule has 0 unspecified atom stereocenters. The molecule has 0 aliphatic carbocycles. The normalized spacial score (nSPS) is 13.9. The summed E-state index contributed by atoms with van der Waals surface area (Å²) in [6.45, 7) is 3.33. The number of urea groups is 1. The highest BCUT2D eigenvalue weighted by molar-refractivity contribution is 6.31. The van der Waals surface area contributed by atoms with Crippen molar-refractivity contribution in [1.29, 1.82) is 0 Å². The number of aromatic nitrogens is 4. The largest absolute Gasteiger partial charge is 0.339 e. The third-order valence-corrected chi connectivity index (χ3v) is 5.42. The Labute approximate surface area is 188 Å². The van der Waals surface area contributed by atoms with E-state index in [1.165, 1.54) is 42.5 Å². The Balaban J connectivity index is 1.57. The Morgan fingerprint density at radius 3 is 2.53 bits per heavy atom. The highest BCUT2D eigenvalue weighted by Gasteiger charge is 2.26. The van der Waals surface area contributed by atoms with Crippen LogP contribution in [-0.2, 0) is 4.79 Å². The molecular weight excluding hydrogens is 439 g/mol. The standard InChI is InChI=1S/C20H20ClFN8O2/c1-12(31)29-5-7-30(8-6-29)20(32)28(2)19-23-10-16-17(27-19)18(25-11-24-16)26-13-3-4-15(22)14(21)9-13/h3-4,9-11H,5-8H2,1-2H3,(H,24,25,26). The van der Waals surface area contributed by atoms with Crippen LogP contribution < -0.4 is 10.2 Å². The lowest BCUT2D eigenvalue weighted by molar-refractivity contribution is -0.130. The number of piperazine rings is 1. The van der Waals surface area contributed by atoms with E-state index in [-0.39, 0.29) is 22.9 Å². The highest BCUT2D eigenvalue weighted by Crippen LogP contribution is 2.25. The van der Waals surface area contributed by atoms with E-state index in [1.54, 1.807) is 16.8 Å². The number of carbonyl (C=O) groups is 2. The number of nitrogens with one attached hydrogen (secondary N) is 1. The lowest BCUT2D eigenvalue weighted by Gasteiger charge is -2.35. The second-order valence-electron chi connectivity index (χ2n) is 7.21. The molecule has 1 aliphatic rings. The molecule has 0 bridgehead atoms. The molecule has 10 nitrogen and oxygen atoms in total. The molecule has 32 heavy (non-hydrogen) atoms. The van der Waals surface area contributed by atoms with Crippen molar-refractivity contribution in [2.75, 3.05) is 43.4 Å². The van der Waals surface area contributed by atoms with Crippen molar-refractivity contribution < 1.29 is 14.0 Å². The molecule has 3 amide bonds. The molecule has 12 heteroatoms. The van der Waals surface area contributed by atoms with Crippen molar-refractivity contribution in [1.82, 2.24) is 29.7 Å². The molecule has 0 spiro atoms. The molecular formula is C20H20ClFN8O2. The molecule has 2 aromatic heterocycles. The molecule has 166 valence electrons. The van der Waals surface area contributed by atoms with Crippen LogP contribution in [0.5, 0.6) is 0 Å². The summed E-state index contributed by atoms with van der Waals surface area (Å²) in [5.41, 5.74) is 1.37. The monoisotopic (exact) mass is 458 g/mol. The summed E-state index contributed by atoms with van der Waals surface area (Å²) >= 11 is 5.86. The number of nitrogens with zero attached hydrogens (tertiary/aromatic N) is 7. The smallest absolute Gasteiger partial charge is 0.326 e. The zero-order chi connectivity index (χ0) is 22.8. The average molecular weight is 459 g/mol. The van der Waals surface area contributed by atoms with Crippen LogP contribution in [0.2, 0.25) is 5.02 Å².